The molecule has 0 unspecified atom stereocenters. The van der Waals surface area contributed by atoms with E-state index in [1.807, 2.05) is 0 Å². The van der Waals surface area contributed by atoms with E-state index >= 15 is 0 Å². The van der Waals surface area contributed by atoms with Crippen LogP contribution < -0.4 is 16.9 Å². The van der Waals surface area contributed by atoms with Gasteiger partial charge < -0.3 is 21.5 Å². The van der Waals surface area contributed by atoms with Crippen molar-refractivity contribution in [3.8, 4) is 0 Å². The first-order valence-corrected chi connectivity index (χ1v) is 9.39. The Morgan fingerprint density at radius 3 is 2.30 bits per heavy atom. The second-order valence-electron chi connectivity index (χ2n) is 7.01. The summed E-state index contributed by atoms with van der Waals surface area (Å²) in [5.41, 5.74) is 12.6. The van der Waals surface area contributed by atoms with Gasteiger partial charge in [0.05, 0.1) is 0 Å². The third kappa shape index (κ3) is 4.63. The van der Waals surface area contributed by atoms with E-state index in [1.54, 1.807) is 0 Å². The van der Waals surface area contributed by atoms with Crippen molar-refractivity contribution in [2.45, 2.75) is 25.3 Å². The van der Waals surface area contributed by atoms with Gasteiger partial charge >= 0.3 is 5.97 Å². The highest BCUT2D eigenvalue weighted by molar-refractivity contribution is 6.11. The number of Topliss-reactive ketones (excluding diaryl/α,β-unsaturated/α-hetero) is 1. The van der Waals surface area contributed by atoms with Gasteiger partial charge in [0.1, 0.15) is 12.4 Å². The average molecular weight is 418 g/mol. The van der Waals surface area contributed by atoms with Crippen molar-refractivity contribution in [1.82, 2.24) is 15.3 Å². The van der Waals surface area contributed by atoms with Crippen LogP contribution in [0.25, 0.3) is 0 Å². The zero-order chi connectivity index (χ0) is 22.5. The van der Waals surface area contributed by atoms with Crippen LogP contribution in [0.15, 0.2) is 24.3 Å². The molecule has 0 radical (unpaired) electrons. The minimum Gasteiger partial charge on any atom is -0.480 e. The molecule has 2 amide bonds. The molecule has 11 nitrogen and oxygen atoms in total. The van der Waals surface area contributed by atoms with E-state index in [1.165, 1.54) is 36.2 Å². The molecule has 1 fully saturated rings. The number of hydrogen-bond donors (Lipinski definition) is 5. The van der Waals surface area contributed by atoms with Crippen molar-refractivity contribution in [3.63, 3.8) is 0 Å². The van der Waals surface area contributed by atoms with E-state index in [4.69, 9.17) is 22.0 Å². The Labute approximate surface area is 173 Å². The average Bonchev–Trinajstić information content (AvgIpc) is 2.69. The molecule has 0 spiro atoms. The Morgan fingerprint density at radius 2 is 1.80 bits per heavy atom. The third-order valence-corrected chi connectivity index (χ3v) is 5.04. The van der Waals surface area contributed by atoms with Crippen LogP contribution in [0.4, 0.5) is 0 Å². The number of amidine groups is 1. The van der Waals surface area contributed by atoms with E-state index in [2.05, 4.69) is 5.43 Å². The van der Waals surface area contributed by atoms with E-state index < -0.39 is 35.7 Å². The number of aliphatic carboxylic acids is 1. The number of benzene rings is 1. The zero-order valence-corrected chi connectivity index (χ0v) is 16.7. The van der Waals surface area contributed by atoms with Gasteiger partial charge in [0.25, 0.3) is 11.8 Å². The number of carbonyl (C=O) groups is 4. The molecular weight excluding hydrogens is 392 g/mol. The number of carbonyl (C=O) groups excluding carboxylic acids is 3. The number of ketones is 1. The normalized spacial score (nSPS) is 19.4. The minimum absolute atomic E-state index is 0.0341. The summed E-state index contributed by atoms with van der Waals surface area (Å²) in [7, 11) is 0. The van der Waals surface area contributed by atoms with Gasteiger partial charge in [-0.15, -0.1) is 0 Å². The maximum absolute atomic E-state index is 13.1. The lowest BCUT2D eigenvalue weighted by Crippen LogP contribution is -2.73. The Balaban J connectivity index is 2.34. The Bertz CT molecular complexity index is 855. The molecule has 1 atom stereocenters. The number of nitrogens with two attached hydrogens (primary N) is 2. The van der Waals surface area contributed by atoms with E-state index in [0.29, 0.717) is 12.0 Å². The lowest BCUT2D eigenvalue weighted by atomic mass is 9.84. The van der Waals surface area contributed by atoms with Crippen molar-refractivity contribution in [2.75, 3.05) is 26.2 Å². The quantitative estimate of drug-likeness (QED) is 0.190. The number of nitrogens with one attached hydrogen (secondary N) is 2. The van der Waals surface area contributed by atoms with Gasteiger partial charge in [0.15, 0.2) is 11.3 Å². The largest absolute Gasteiger partial charge is 0.480 e. The molecule has 1 aromatic carbocycles. The van der Waals surface area contributed by atoms with Crippen LogP contribution >= 0.6 is 0 Å². The smallest absolute Gasteiger partial charge is 0.323 e. The number of nitrogens with zero attached hydrogens (tertiary/aromatic N) is 2. The molecule has 11 heteroatoms. The fourth-order valence-corrected chi connectivity index (χ4v) is 3.46. The molecule has 1 aromatic rings. The molecule has 1 aliphatic heterocycles. The lowest BCUT2D eigenvalue weighted by molar-refractivity contribution is -0.165. The predicted octanol–water partition coefficient (Wildman–Crippen LogP) is -1.09. The molecule has 1 heterocycles. The number of amides is 2. The maximum Gasteiger partial charge on any atom is 0.323 e. The molecule has 162 valence electrons. The van der Waals surface area contributed by atoms with Crippen molar-refractivity contribution in [2.24, 2.45) is 11.5 Å². The molecule has 30 heavy (non-hydrogen) atoms. The summed E-state index contributed by atoms with van der Waals surface area (Å²) in [5.74, 6) is -3.07. The number of nitrogen functional groups attached to an aromatic ring is 1. The maximum atomic E-state index is 13.1. The summed E-state index contributed by atoms with van der Waals surface area (Å²) in [6.07, 6.45) is 0.364. The third-order valence-electron chi connectivity index (χ3n) is 5.04. The van der Waals surface area contributed by atoms with Crippen LogP contribution in [0.2, 0.25) is 0 Å². The van der Waals surface area contributed by atoms with Gasteiger partial charge in [-0.2, -0.15) is 5.01 Å². The number of rotatable bonds is 9. The highest BCUT2D eigenvalue weighted by Crippen LogP contribution is 2.28. The number of carboxylic acids is 1. The number of hydrogen-bond acceptors (Lipinski definition) is 7. The zero-order valence-electron chi connectivity index (χ0n) is 16.7. The lowest BCUT2D eigenvalue weighted by Gasteiger charge is -2.47. The molecule has 0 bridgehead atoms. The van der Waals surface area contributed by atoms with Gasteiger partial charge in [-0.3, -0.25) is 30.0 Å². The number of hydrazine groups is 1. The van der Waals surface area contributed by atoms with Crippen LogP contribution in [0.5, 0.6) is 0 Å². The Morgan fingerprint density at radius 1 is 1.20 bits per heavy atom. The summed E-state index contributed by atoms with van der Waals surface area (Å²) in [6.45, 7) is 1.02. The Kier molecular flexibility index (Phi) is 7.24. The van der Waals surface area contributed by atoms with Gasteiger partial charge in [-0.05, 0) is 38.4 Å². The molecule has 7 N–H and O–H groups in total. The van der Waals surface area contributed by atoms with Crippen LogP contribution in [0, 0.1) is 5.41 Å². The van der Waals surface area contributed by atoms with Crippen molar-refractivity contribution >= 4 is 29.4 Å². The van der Waals surface area contributed by atoms with Gasteiger partial charge in [-0.25, -0.2) is 0 Å². The van der Waals surface area contributed by atoms with E-state index in [-0.39, 0.29) is 37.5 Å². The van der Waals surface area contributed by atoms with Crippen LogP contribution in [0.3, 0.4) is 0 Å². The topological polar surface area (TPSA) is 183 Å². The summed E-state index contributed by atoms with van der Waals surface area (Å²) in [5, 5.41) is 17.8. The van der Waals surface area contributed by atoms with Crippen molar-refractivity contribution < 1.29 is 24.3 Å². The molecule has 0 aliphatic carbocycles. The first kappa shape index (κ1) is 23.0. The molecule has 0 saturated carbocycles. The SMILES string of the molecule is CC(=O)[C@]1(CCCN)C(=O)N(CC(=O)O)CCN1NC(=O)c1ccc(C(=N)N)cc1. The number of carboxylic acid groups (broad SMARTS) is 1. The van der Waals surface area contributed by atoms with Gasteiger partial charge in [-0.1, -0.05) is 12.1 Å². The first-order valence-electron chi connectivity index (χ1n) is 9.39. The van der Waals surface area contributed by atoms with E-state index in [0.717, 1.165) is 4.90 Å². The summed E-state index contributed by atoms with van der Waals surface area (Å²) in [6, 6.07) is 5.98. The molecule has 0 aromatic heterocycles. The van der Waals surface area contributed by atoms with E-state index in [9.17, 15) is 19.2 Å². The standard InChI is InChI=1S/C19H26N6O5/c1-12(26)19(7-2-8-20)18(30)24(11-15(27)28)9-10-25(19)23-17(29)14-5-3-13(4-6-14)16(21)22/h3-6H,2,7-11,20H2,1H3,(H3,21,22)(H,23,29)(H,27,28)/t19-/m1/s1. The van der Waals surface area contributed by atoms with Crippen molar-refractivity contribution in [3.05, 3.63) is 35.4 Å². The van der Waals surface area contributed by atoms with Crippen LogP contribution in [0.1, 0.15) is 35.7 Å². The highest BCUT2D eigenvalue weighted by atomic mass is 16.4. The summed E-state index contributed by atoms with van der Waals surface area (Å²) < 4.78 is 0. The summed E-state index contributed by atoms with van der Waals surface area (Å²) in [4.78, 5) is 50.8. The molecule has 2 rings (SSSR count). The second-order valence-corrected chi connectivity index (χ2v) is 7.01. The fraction of sp³-hybridized carbons (Fsp3) is 0.421. The monoisotopic (exact) mass is 418 g/mol. The highest BCUT2D eigenvalue weighted by Gasteiger charge is 2.53. The van der Waals surface area contributed by atoms with Gasteiger partial charge in [0.2, 0.25) is 0 Å². The Hall–Kier alpha value is -3.31. The molecular formula is C19H26N6O5. The predicted molar refractivity (Wildman–Crippen MR) is 108 cm³/mol. The second kappa shape index (κ2) is 9.46. The van der Waals surface area contributed by atoms with Gasteiger partial charge in [0, 0.05) is 24.2 Å². The number of piperazine rings is 1. The minimum atomic E-state index is -1.73. The fourth-order valence-electron chi connectivity index (χ4n) is 3.46. The molecule has 1 saturated heterocycles. The first-order chi connectivity index (χ1) is 14.1. The van der Waals surface area contributed by atoms with Crippen molar-refractivity contribution in [1.29, 1.82) is 5.41 Å². The molecule has 1 aliphatic rings. The van der Waals surface area contributed by atoms with Crippen LogP contribution in [-0.4, -0.2) is 76.1 Å². The van der Waals surface area contributed by atoms with Crippen LogP contribution in [-0.2, 0) is 14.4 Å². The summed E-state index contributed by atoms with van der Waals surface area (Å²) >= 11 is 0.